The zero-order valence-corrected chi connectivity index (χ0v) is 10.9. The van der Waals surface area contributed by atoms with E-state index in [2.05, 4.69) is 0 Å². The maximum Gasteiger partial charge on any atom is 0.395 e. The molecule has 2 nitrogen and oxygen atoms in total. The van der Waals surface area contributed by atoms with Gasteiger partial charge in [0, 0.05) is 26.7 Å². The van der Waals surface area contributed by atoms with Crippen LogP contribution >= 0.6 is 0 Å². The molecule has 18 heavy (non-hydrogen) atoms. The molecular formula is C13H22F3NO. The molecule has 2 fully saturated rings. The number of methoxy groups -OCH3 is 1. The summed E-state index contributed by atoms with van der Waals surface area (Å²) < 4.78 is 45.0. The first-order chi connectivity index (χ1) is 8.47. The Bertz CT molecular complexity index is 266. The minimum absolute atomic E-state index is 0.187. The first kappa shape index (κ1) is 14.1. The summed E-state index contributed by atoms with van der Waals surface area (Å²) in [7, 11) is 1.68. The van der Waals surface area contributed by atoms with Crippen molar-refractivity contribution < 1.29 is 17.9 Å². The van der Waals surface area contributed by atoms with Crippen LogP contribution in [0.1, 0.15) is 38.5 Å². The highest BCUT2D eigenvalue weighted by Crippen LogP contribution is 2.51. The van der Waals surface area contributed by atoms with Gasteiger partial charge in [-0.2, -0.15) is 13.2 Å². The monoisotopic (exact) mass is 265 g/mol. The van der Waals surface area contributed by atoms with Crippen molar-refractivity contribution in [3.63, 3.8) is 0 Å². The number of hydrogen-bond acceptors (Lipinski definition) is 2. The number of likely N-dealkylation sites (tertiary alicyclic amines) is 1. The number of piperidine rings is 1. The summed E-state index contributed by atoms with van der Waals surface area (Å²) >= 11 is 0. The molecule has 0 bridgehead atoms. The van der Waals surface area contributed by atoms with E-state index in [-0.39, 0.29) is 12.6 Å². The normalized spacial score (nSPS) is 26.7. The lowest BCUT2D eigenvalue weighted by molar-refractivity contribution is -0.228. The van der Waals surface area contributed by atoms with Gasteiger partial charge in [-0.25, -0.2) is 0 Å². The van der Waals surface area contributed by atoms with Gasteiger partial charge in [0.05, 0.1) is 11.5 Å². The lowest BCUT2D eigenvalue weighted by Crippen LogP contribution is -2.48. The third-order valence-corrected chi connectivity index (χ3v) is 4.56. The molecule has 0 radical (unpaired) electrons. The number of alkyl halides is 3. The van der Waals surface area contributed by atoms with Crippen LogP contribution in [0.4, 0.5) is 13.2 Å². The van der Waals surface area contributed by atoms with Crippen molar-refractivity contribution in [2.45, 2.75) is 50.8 Å². The number of nitrogens with zero attached hydrogens (tertiary/aromatic N) is 1. The van der Waals surface area contributed by atoms with E-state index in [1.165, 1.54) is 0 Å². The van der Waals surface area contributed by atoms with Crippen LogP contribution in [0.25, 0.3) is 0 Å². The zero-order valence-electron chi connectivity index (χ0n) is 10.9. The molecule has 106 valence electrons. The van der Waals surface area contributed by atoms with Crippen LogP contribution in [-0.2, 0) is 4.74 Å². The zero-order chi connectivity index (χ0) is 13.2. The molecule has 0 aromatic heterocycles. The molecule has 0 unspecified atom stereocenters. The number of halogens is 3. The molecule has 0 amide bonds. The predicted molar refractivity (Wildman–Crippen MR) is 63.4 cm³/mol. The highest BCUT2D eigenvalue weighted by molar-refractivity contribution is 4.94. The van der Waals surface area contributed by atoms with Crippen molar-refractivity contribution in [3.8, 4) is 0 Å². The second-order valence-electron chi connectivity index (χ2n) is 5.70. The Morgan fingerprint density at radius 3 is 2.17 bits per heavy atom. The fourth-order valence-corrected chi connectivity index (χ4v) is 3.31. The minimum Gasteiger partial charge on any atom is -0.381 e. The summed E-state index contributed by atoms with van der Waals surface area (Å²) in [5.41, 5.74) is -1.44. The summed E-state index contributed by atoms with van der Waals surface area (Å²) in [6.07, 6.45) is -0.0772. The molecule has 1 heterocycles. The van der Waals surface area contributed by atoms with Crippen LogP contribution in [0.3, 0.4) is 0 Å². The highest BCUT2D eigenvalue weighted by Gasteiger charge is 2.56. The molecule has 0 aromatic rings. The van der Waals surface area contributed by atoms with Gasteiger partial charge in [0.25, 0.3) is 0 Å². The van der Waals surface area contributed by atoms with Crippen LogP contribution in [0.5, 0.6) is 0 Å². The van der Waals surface area contributed by atoms with Gasteiger partial charge in [0.15, 0.2) is 0 Å². The predicted octanol–water partition coefficient (Wildman–Crippen LogP) is 3.22. The smallest absolute Gasteiger partial charge is 0.381 e. The molecule has 0 aromatic carbocycles. The SMILES string of the molecule is COC1CCN(CC2(C(F)(F)F)CCCC2)CC1. The molecule has 0 atom stereocenters. The van der Waals surface area contributed by atoms with E-state index >= 15 is 0 Å². The number of hydrogen-bond donors (Lipinski definition) is 0. The van der Waals surface area contributed by atoms with Crippen molar-refractivity contribution in [1.82, 2.24) is 4.90 Å². The lowest BCUT2D eigenvalue weighted by atomic mass is 9.84. The fraction of sp³-hybridized carbons (Fsp3) is 1.00. The third-order valence-electron chi connectivity index (χ3n) is 4.56. The van der Waals surface area contributed by atoms with Crippen molar-refractivity contribution in [3.05, 3.63) is 0 Å². The number of ether oxygens (including phenoxy) is 1. The van der Waals surface area contributed by atoms with Gasteiger partial charge in [-0.3, -0.25) is 0 Å². The van der Waals surface area contributed by atoms with Crippen LogP contribution in [0.15, 0.2) is 0 Å². The van der Waals surface area contributed by atoms with Crippen molar-refractivity contribution in [1.29, 1.82) is 0 Å². The summed E-state index contributed by atoms with van der Waals surface area (Å²) in [6, 6.07) is 0. The minimum atomic E-state index is -4.05. The van der Waals surface area contributed by atoms with E-state index in [0.29, 0.717) is 25.7 Å². The quantitative estimate of drug-likeness (QED) is 0.777. The van der Waals surface area contributed by atoms with Gasteiger partial charge in [-0.1, -0.05) is 12.8 Å². The summed E-state index contributed by atoms with van der Waals surface area (Å²) in [5.74, 6) is 0. The largest absolute Gasteiger partial charge is 0.395 e. The van der Waals surface area contributed by atoms with Gasteiger partial charge >= 0.3 is 6.18 Å². The van der Waals surface area contributed by atoms with Gasteiger partial charge < -0.3 is 9.64 Å². The molecule has 1 aliphatic heterocycles. The Kier molecular flexibility index (Phi) is 4.22. The Labute approximate surface area is 106 Å². The standard InChI is InChI=1S/C13H22F3NO/c1-18-11-4-8-17(9-5-11)10-12(13(14,15)16)6-2-3-7-12/h11H,2-10H2,1H3. The van der Waals surface area contributed by atoms with E-state index in [1.54, 1.807) is 7.11 Å². The van der Waals surface area contributed by atoms with Gasteiger partial charge in [-0.05, 0) is 25.7 Å². The van der Waals surface area contributed by atoms with E-state index < -0.39 is 11.6 Å². The van der Waals surface area contributed by atoms with E-state index in [4.69, 9.17) is 4.74 Å². The Morgan fingerprint density at radius 2 is 1.72 bits per heavy atom. The molecule has 1 saturated heterocycles. The van der Waals surface area contributed by atoms with E-state index in [9.17, 15) is 13.2 Å². The average molecular weight is 265 g/mol. The number of rotatable bonds is 3. The first-order valence-corrected chi connectivity index (χ1v) is 6.79. The third kappa shape index (κ3) is 2.82. The second-order valence-corrected chi connectivity index (χ2v) is 5.70. The Hall–Kier alpha value is -0.290. The molecular weight excluding hydrogens is 243 g/mol. The van der Waals surface area contributed by atoms with Crippen LogP contribution < -0.4 is 0 Å². The van der Waals surface area contributed by atoms with E-state index in [0.717, 1.165) is 25.9 Å². The van der Waals surface area contributed by atoms with Crippen molar-refractivity contribution in [2.24, 2.45) is 5.41 Å². The highest BCUT2D eigenvalue weighted by atomic mass is 19.4. The van der Waals surface area contributed by atoms with Gasteiger partial charge in [0.2, 0.25) is 0 Å². The fourth-order valence-electron chi connectivity index (χ4n) is 3.31. The maximum atomic E-state index is 13.3. The molecule has 0 N–H and O–H groups in total. The molecule has 0 spiro atoms. The summed E-state index contributed by atoms with van der Waals surface area (Å²) in [4.78, 5) is 1.98. The van der Waals surface area contributed by atoms with Gasteiger partial charge in [-0.15, -0.1) is 0 Å². The summed E-state index contributed by atoms with van der Waals surface area (Å²) in [5, 5.41) is 0. The first-order valence-electron chi connectivity index (χ1n) is 6.79. The maximum absolute atomic E-state index is 13.3. The molecule has 5 heteroatoms. The average Bonchev–Trinajstić information content (AvgIpc) is 2.79. The molecule has 2 aliphatic rings. The second kappa shape index (κ2) is 5.37. The Morgan fingerprint density at radius 1 is 1.17 bits per heavy atom. The molecule has 1 aliphatic carbocycles. The lowest BCUT2D eigenvalue weighted by Gasteiger charge is -2.39. The van der Waals surface area contributed by atoms with Crippen molar-refractivity contribution in [2.75, 3.05) is 26.7 Å². The van der Waals surface area contributed by atoms with Crippen LogP contribution in [0, 0.1) is 5.41 Å². The van der Waals surface area contributed by atoms with Crippen LogP contribution in [-0.4, -0.2) is 43.9 Å². The van der Waals surface area contributed by atoms with Crippen LogP contribution in [0.2, 0.25) is 0 Å². The molecule has 1 saturated carbocycles. The topological polar surface area (TPSA) is 12.5 Å². The summed E-state index contributed by atoms with van der Waals surface area (Å²) in [6.45, 7) is 1.65. The Balaban J connectivity index is 1.95. The van der Waals surface area contributed by atoms with E-state index in [1.807, 2.05) is 4.90 Å². The molecule has 2 rings (SSSR count). The van der Waals surface area contributed by atoms with Crippen molar-refractivity contribution >= 4 is 0 Å². The van der Waals surface area contributed by atoms with Gasteiger partial charge in [0.1, 0.15) is 0 Å².